The van der Waals surface area contributed by atoms with Crippen LogP contribution in [0.15, 0.2) is 24.3 Å². The van der Waals surface area contributed by atoms with Gasteiger partial charge in [0.15, 0.2) is 0 Å². The highest BCUT2D eigenvalue weighted by molar-refractivity contribution is 5.29. The van der Waals surface area contributed by atoms with Crippen LogP contribution in [0.1, 0.15) is 43.2 Å². The molecule has 1 unspecified atom stereocenters. The van der Waals surface area contributed by atoms with Gasteiger partial charge in [-0.05, 0) is 43.5 Å². The molecule has 2 nitrogen and oxygen atoms in total. The summed E-state index contributed by atoms with van der Waals surface area (Å²) in [6, 6.07) is 9.54. The molecule has 0 amide bonds. The van der Waals surface area contributed by atoms with Crippen LogP contribution in [-0.2, 0) is 13.0 Å². The molecule has 104 valence electrons. The van der Waals surface area contributed by atoms with Gasteiger partial charge in [-0.2, -0.15) is 0 Å². The topological polar surface area (TPSA) is 15.3 Å². The average Bonchev–Trinajstić information content (AvgIpc) is 2.41. The van der Waals surface area contributed by atoms with Crippen molar-refractivity contribution in [3.8, 4) is 0 Å². The van der Waals surface area contributed by atoms with Gasteiger partial charge >= 0.3 is 0 Å². The van der Waals surface area contributed by atoms with E-state index < -0.39 is 0 Å². The van der Waals surface area contributed by atoms with E-state index in [4.69, 9.17) is 0 Å². The summed E-state index contributed by atoms with van der Waals surface area (Å²) < 4.78 is 0. The first-order valence-electron chi connectivity index (χ1n) is 7.94. The molecule has 0 radical (unpaired) electrons. The number of likely N-dealkylation sites (tertiary alicyclic amines) is 1. The van der Waals surface area contributed by atoms with E-state index in [1.54, 1.807) is 5.56 Å². The Kier molecular flexibility index (Phi) is 4.52. The van der Waals surface area contributed by atoms with Gasteiger partial charge in [0.25, 0.3) is 0 Å². The molecule has 0 spiro atoms. The van der Waals surface area contributed by atoms with E-state index in [1.807, 2.05) is 0 Å². The molecule has 0 aromatic heterocycles. The Morgan fingerprint density at radius 1 is 0.947 bits per heavy atom. The maximum atomic E-state index is 3.72. The fourth-order valence-electron chi connectivity index (χ4n) is 3.46. The number of nitrogens with zero attached hydrogens (tertiary/aromatic N) is 1. The molecule has 1 saturated heterocycles. The molecule has 2 heterocycles. The van der Waals surface area contributed by atoms with Gasteiger partial charge in [-0.25, -0.2) is 0 Å². The third kappa shape index (κ3) is 3.58. The quantitative estimate of drug-likeness (QED) is 0.877. The lowest BCUT2D eigenvalue weighted by molar-refractivity contribution is 0.217. The Morgan fingerprint density at radius 3 is 2.42 bits per heavy atom. The fraction of sp³-hybridized carbons (Fsp3) is 0.647. The van der Waals surface area contributed by atoms with Gasteiger partial charge in [0, 0.05) is 19.1 Å². The lowest BCUT2D eigenvalue weighted by atomic mass is 9.95. The molecule has 3 rings (SSSR count). The minimum atomic E-state index is 0.648. The molecule has 2 heteroatoms. The highest BCUT2D eigenvalue weighted by Crippen LogP contribution is 2.18. The van der Waals surface area contributed by atoms with E-state index in [0.717, 1.165) is 6.54 Å². The van der Waals surface area contributed by atoms with Crippen LogP contribution in [0, 0.1) is 0 Å². The molecule has 1 atom stereocenters. The summed E-state index contributed by atoms with van der Waals surface area (Å²) in [5.74, 6) is 0. The van der Waals surface area contributed by atoms with E-state index >= 15 is 0 Å². The number of rotatable bonds is 2. The Morgan fingerprint density at radius 2 is 1.63 bits per heavy atom. The fourth-order valence-corrected chi connectivity index (χ4v) is 3.46. The number of nitrogens with one attached hydrogen (secondary N) is 1. The Bertz CT molecular complexity index is 394. The number of hydrogen-bond donors (Lipinski definition) is 1. The highest BCUT2D eigenvalue weighted by atomic mass is 15.1. The minimum absolute atomic E-state index is 0.648. The summed E-state index contributed by atoms with van der Waals surface area (Å²) in [4.78, 5) is 2.69. The van der Waals surface area contributed by atoms with Gasteiger partial charge in [-0.15, -0.1) is 0 Å². The van der Waals surface area contributed by atoms with Crippen molar-refractivity contribution >= 4 is 0 Å². The van der Waals surface area contributed by atoms with Crippen molar-refractivity contribution in [2.45, 2.75) is 51.1 Å². The van der Waals surface area contributed by atoms with Crippen LogP contribution >= 0.6 is 0 Å². The summed E-state index contributed by atoms with van der Waals surface area (Å²) >= 11 is 0. The Hall–Kier alpha value is -0.860. The molecule has 0 aliphatic carbocycles. The van der Waals surface area contributed by atoms with Crippen LogP contribution in [0.25, 0.3) is 0 Å². The SMILES string of the molecule is c1ccc2c(c1)CNC(CN1CCCCCCC1)C2. The predicted molar refractivity (Wildman–Crippen MR) is 80.3 cm³/mol. The predicted octanol–water partition coefficient (Wildman–Crippen LogP) is 2.97. The van der Waals surface area contributed by atoms with E-state index in [9.17, 15) is 0 Å². The molecule has 1 aromatic carbocycles. The lowest BCUT2D eigenvalue weighted by Gasteiger charge is -2.32. The first-order valence-corrected chi connectivity index (χ1v) is 7.94. The third-order valence-corrected chi connectivity index (χ3v) is 4.59. The van der Waals surface area contributed by atoms with E-state index in [1.165, 1.54) is 63.7 Å². The number of fused-ring (bicyclic) bond motifs is 1. The van der Waals surface area contributed by atoms with Gasteiger partial charge in [0.1, 0.15) is 0 Å². The zero-order valence-corrected chi connectivity index (χ0v) is 11.9. The third-order valence-electron chi connectivity index (χ3n) is 4.59. The maximum Gasteiger partial charge on any atom is 0.0238 e. The zero-order valence-electron chi connectivity index (χ0n) is 11.9. The van der Waals surface area contributed by atoms with E-state index in [-0.39, 0.29) is 0 Å². The van der Waals surface area contributed by atoms with Gasteiger partial charge in [-0.1, -0.05) is 43.5 Å². The normalized spacial score (nSPS) is 25.4. The summed E-state index contributed by atoms with van der Waals surface area (Å²) in [6.07, 6.45) is 8.29. The molecule has 2 aliphatic rings. The highest BCUT2D eigenvalue weighted by Gasteiger charge is 2.20. The average molecular weight is 258 g/mol. The molecule has 1 fully saturated rings. The molecule has 1 aromatic rings. The summed E-state index contributed by atoms with van der Waals surface area (Å²) in [6.45, 7) is 4.89. The van der Waals surface area contributed by atoms with Gasteiger partial charge in [0.05, 0.1) is 0 Å². The van der Waals surface area contributed by atoms with Crippen molar-refractivity contribution in [2.75, 3.05) is 19.6 Å². The monoisotopic (exact) mass is 258 g/mol. The molecular weight excluding hydrogens is 232 g/mol. The molecular formula is C17H26N2. The Labute approximate surface area is 117 Å². The Balaban J connectivity index is 1.56. The largest absolute Gasteiger partial charge is 0.308 e. The molecule has 0 saturated carbocycles. The zero-order chi connectivity index (χ0) is 12.9. The molecule has 0 bridgehead atoms. The number of benzene rings is 1. The van der Waals surface area contributed by atoms with Crippen LogP contribution < -0.4 is 5.32 Å². The second-order valence-corrected chi connectivity index (χ2v) is 6.12. The van der Waals surface area contributed by atoms with Crippen LogP contribution in [0.2, 0.25) is 0 Å². The van der Waals surface area contributed by atoms with Crippen molar-refractivity contribution in [3.05, 3.63) is 35.4 Å². The van der Waals surface area contributed by atoms with Crippen molar-refractivity contribution in [2.24, 2.45) is 0 Å². The van der Waals surface area contributed by atoms with Crippen molar-refractivity contribution in [1.82, 2.24) is 10.2 Å². The van der Waals surface area contributed by atoms with Crippen LogP contribution in [0.5, 0.6) is 0 Å². The minimum Gasteiger partial charge on any atom is -0.308 e. The first kappa shape index (κ1) is 13.1. The molecule has 19 heavy (non-hydrogen) atoms. The van der Waals surface area contributed by atoms with Gasteiger partial charge in [-0.3, -0.25) is 0 Å². The second-order valence-electron chi connectivity index (χ2n) is 6.12. The van der Waals surface area contributed by atoms with E-state index in [0.29, 0.717) is 6.04 Å². The van der Waals surface area contributed by atoms with Crippen molar-refractivity contribution in [3.63, 3.8) is 0 Å². The van der Waals surface area contributed by atoms with Crippen LogP contribution in [0.4, 0.5) is 0 Å². The summed E-state index contributed by atoms with van der Waals surface area (Å²) in [5, 5.41) is 3.72. The second kappa shape index (κ2) is 6.53. The van der Waals surface area contributed by atoms with Crippen LogP contribution in [-0.4, -0.2) is 30.6 Å². The summed E-state index contributed by atoms with van der Waals surface area (Å²) in [7, 11) is 0. The smallest absolute Gasteiger partial charge is 0.0238 e. The number of hydrogen-bond acceptors (Lipinski definition) is 2. The lowest BCUT2D eigenvalue weighted by Crippen LogP contribution is -2.45. The summed E-state index contributed by atoms with van der Waals surface area (Å²) in [5.41, 5.74) is 3.05. The van der Waals surface area contributed by atoms with Crippen molar-refractivity contribution < 1.29 is 0 Å². The standard InChI is InChI=1S/C17H26N2/c1-2-6-10-19(11-7-3-1)14-17-12-15-8-4-5-9-16(15)13-18-17/h4-5,8-9,17-18H,1-3,6-7,10-14H2. The van der Waals surface area contributed by atoms with Gasteiger partial charge < -0.3 is 10.2 Å². The molecule has 2 aliphatic heterocycles. The van der Waals surface area contributed by atoms with Crippen LogP contribution in [0.3, 0.4) is 0 Å². The van der Waals surface area contributed by atoms with E-state index in [2.05, 4.69) is 34.5 Å². The van der Waals surface area contributed by atoms with Crippen molar-refractivity contribution in [1.29, 1.82) is 0 Å². The molecule has 1 N–H and O–H groups in total. The van der Waals surface area contributed by atoms with Gasteiger partial charge in [0.2, 0.25) is 0 Å². The maximum absolute atomic E-state index is 3.72. The first-order chi connectivity index (χ1) is 9.42.